The van der Waals surface area contributed by atoms with Crippen molar-refractivity contribution >= 4 is 11.8 Å². The molecule has 0 fully saturated rings. The second-order valence-electron chi connectivity index (χ2n) is 4.23. The van der Waals surface area contributed by atoms with Crippen molar-refractivity contribution in [1.82, 2.24) is 10.6 Å². The lowest BCUT2D eigenvalue weighted by Gasteiger charge is -2.07. The Morgan fingerprint density at radius 3 is 2.53 bits per heavy atom. The normalized spacial score (nSPS) is 9.95. The molecule has 3 N–H and O–H groups in total. The van der Waals surface area contributed by atoms with Crippen LogP contribution >= 0.6 is 0 Å². The molecule has 0 atom stereocenters. The van der Waals surface area contributed by atoms with E-state index in [2.05, 4.69) is 10.6 Å². The highest BCUT2D eigenvalue weighted by atomic mass is 16.3. The number of aromatic hydroxyl groups is 1. The fourth-order valence-corrected chi connectivity index (χ4v) is 1.56. The summed E-state index contributed by atoms with van der Waals surface area (Å²) >= 11 is 0. The number of carbonyl (C=O) groups is 2. The predicted molar refractivity (Wildman–Crippen MR) is 73.0 cm³/mol. The van der Waals surface area contributed by atoms with Crippen molar-refractivity contribution in [3.05, 3.63) is 29.8 Å². The quantitative estimate of drug-likeness (QED) is 0.652. The van der Waals surface area contributed by atoms with Gasteiger partial charge in [0, 0.05) is 19.5 Å². The van der Waals surface area contributed by atoms with Gasteiger partial charge in [-0.25, -0.2) is 0 Å². The van der Waals surface area contributed by atoms with Crippen molar-refractivity contribution in [2.75, 3.05) is 13.1 Å². The first kappa shape index (κ1) is 15.0. The smallest absolute Gasteiger partial charge is 0.255 e. The molecule has 19 heavy (non-hydrogen) atoms. The summed E-state index contributed by atoms with van der Waals surface area (Å²) < 4.78 is 0. The number of hydrogen-bond acceptors (Lipinski definition) is 3. The van der Waals surface area contributed by atoms with Crippen LogP contribution in [0.25, 0.3) is 0 Å². The minimum absolute atomic E-state index is 0.00124. The number of unbranched alkanes of at least 4 members (excludes halogenated alkanes) is 1. The van der Waals surface area contributed by atoms with E-state index in [4.69, 9.17) is 0 Å². The van der Waals surface area contributed by atoms with Crippen molar-refractivity contribution in [2.45, 2.75) is 26.2 Å². The Kier molecular flexibility index (Phi) is 6.43. The van der Waals surface area contributed by atoms with Crippen molar-refractivity contribution in [1.29, 1.82) is 0 Å². The number of phenols is 1. The molecule has 1 aromatic carbocycles. The van der Waals surface area contributed by atoms with Crippen molar-refractivity contribution in [3.8, 4) is 5.75 Å². The van der Waals surface area contributed by atoms with Crippen LogP contribution in [0.2, 0.25) is 0 Å². The number of para-hydroxylation sites is 1. The first-order chi connectivity index (χ1) is 9.15. The average molecular weight is 264 g/mol. The molecule has 0 heterocycles. The second kappa shape index (κ2) is 8.13. The highest BCUT2D eigenvalue weighted by molar-refractivity contribution is 5.96. The Bertz CT molecular complexity index is 432. The number of rotatable bonds is 7. The van der Waals surface area contributed by atoms with Gasteiger partial charge in [-0.3, -0.25) is 9.59 Å². The van der Waals surface area contributed by atoms with Gasteiger partial charge >= 0.3 is 0 Å². The molecule has 2 amide bonds. The summed E-state index contributed by atoms with van der Waals surface area (Å²) in [4.78, 5) is 23.0. The van der Waals surface area contributed by atoms with Gasteiger partial charge in [0.25, 0.3) is 5.91 Å². The van der Waals surface area contributed by atoms with Gasteiger partial charge < -0.3 is 15.7 Å². The molecule has 0 saturated heterocycles. The van der Waals surface area contributed by atoms with Crippen LogP contribution in [0.1, 0.15) is 36.5 Å². The highest BCUT2D eigenvalue weighted by Gasteiger charge is 2.09. The molecule has 1 aromatic rings. The zero-order chi connectivity index (χ0) is 14.1. The fraction of sp³-hybridized carbons (Fsp3) is 0.429. The average Bonchev–Trinajstić information content (AvgIpc) is 2.41. The van der Waals surface area contributed by atoms with Gasteiger partial charge in [0.1, 0.15) is 5.75 Å². The second-order valence-corrected chi connectivity index (χ2v) is 4.23. The number of amides is 2. The van der Waals surface area contributed by atoms with E-state index in [1.54, 1.807) is 18.2 Å². The molecule has 0 bridgehead atoms. The molecular weight excluding hydrogens is 244 g/mol. The summed E-state index contributed by atoms with van der Waals surface area (Å²) in [5.41, 5.74) is 0.236. The van der Waals surface area contributed by atoms with Gasteiger partial charge in [-0.1, -0.05) is 25.5 Å². The highest BCUT2D eigenvalue weighted by Crippen LogP contribution is 2.14. The molecular formula is C14H20N2O3. The molecule has 0 aliphatic rings. The van der Waals surface area contributed by atoms with Crippen LogP contribution in [0.15, 0.2) is 24.3 Å². The summed E-state index contributed by atoms with van der Waals surface area (Å²) in [7, 11) is 0. The number of nitrogens with one attached hydrogen (secondary N) is 2. The minimum Gasteiger partial charge on any atom is -0.507 e. The lowest BCUT2D eigenvalue weighted by molar-refractivity contribution is -0.121. The van der Waals surface area contributed by atoms with E-state index in [1.165, 1.54) is 6.07 Å². The van der Waals surface area contributed by atoms with E-state index < -0.39 is 0 Å². The Morgan fingerprint density at radius 1 is 1.16 bits per heavy atom. The van der Waals surface area contributed by atoms with Crippen LogP contribution in [0, 0.1) is 0 Å². The molecule has 0 spiro atoms. The Hall–Kier alpha value is -2.04. The van der Waals surface area contributed by atoms with E-state index in [0.717, 1.165) is 12.8 Å². The Balaban J connectivity index is 2.25. The van der Waals surface area contributed by atoms with Gasteiger partial charge in [0.15, 0.2) is 0 Å². The van der Waals surface area contributed by atoms with Crippen molar-refractivity contribution < 1.29 is 14.7 Å². The van der Waals surface area contributed by atoms with Crippen LogP contribution in [0.5, 0.6) is 5.75 Å². The topological polar surface area (TPSA) is 78.4 Å². The van der Waals surface area contributed by atoms with Gasteiger partial charge in [0.05, 0.1) is 5.56 Å². The van der Waals surface area contributed by atoms with E-state index >= 15 is 0 Å². The monoisotopic (exact) mass is 264 g/mol. The van der Waals surface area contributed by atoms with Crippen LogP contribution in [-0.4, -0.2) is 30.0 Å². The Labute approximate surface area is 113 Å². The SMILES string of the molecule is CCCCC(=O)NCCNC(=O)c1ccccc1O. The zero-order valence-corrected chi connectivity index (χ0v) is 11.1. The number of benzene rings is 1. The maximum Gasteiger partial charge on any atom is 0.255 e. The fourth-order valence-electron chi connectivity index (χ4n) is 1.56. The molecule has 5 nitrogen and oxygen atoms in total. The third kappa shape index (κ3) is 5.42. The van der Waals surface area contributed by atoms with Crippen molar-refractivity contribution in [3.63, 3.8) is 0 Å². The zero-order valence-electron chi connectivity index (χ0n) is 11.1. The summed E-state index contributed by atoms with van der Waals surface area (Å²) in [6, 6.07) is 6.34. The third-order valence-electron chi connectivity index (χ3n) is 2.64. The molecule has 0 aromatic heterocycles. The maximum atomic E-state index is 11.7. The number of phenolic OH excluding ortho intramolecular Hbond substituents is 1. The van der Waals surface area contributed by atoms with Gasteiger partial charge in [-0.2, -0.15) is 0 Å². The number of carbonyl (C=O) groups excluding carboxylic acids is 2. The van der Waals surface area contributed by atoms with E-state index in [9.17, 15) is 14.7 Å². The molecule has 0 radical (unpaired) electrons. The first-order valence-electron chi connectivity index (χ1n) is 6.48. The van der Waals surface area contributed by atoms with Gasteiger partial charge in [0.2, 0.25) is 5.91 Å². The van der Waals surface area contributed by atoms with Crippen LogP contribution in [0.4, 0.5) is 0 Å². The van der Waals surface area contributed by atoms with Crippen molar-refractivity contribution in [2.24, 2.45) is 0 Å². The molecule has 0 saturated carbocycles. The lowest BCUT2D eigenvalue weighted by Crippen LogP contribution is -2.34. The molecule has 0 aliphatic heterocycles. The molecule has 104 valence electrons. The lowest BCUT2D eigenvalue weighted by atomic mass is 10.2. The van der Waals surface area contributed by atoms with E-state index in [-0.39, 0.29) is 23.1 Å². The molecule has 1 rings (SSSR count). The first-order valence-corrected chi connectivity index (χ1v) is 6.48. The minimum atomic E-state index is -0.346. The van der Waals surface area contributed by atoms with Gasteiger partial charge in [-0.05, 0) is 18.6 Å². The maximum absolute atomic E-state index is 11.7. The van der Waals surface area contributed by atoms with Gasteiger partial charge in [-0.15, -0.1) is 0 Å². The number of hydrogen-bond donors (Lipinski definition) is 3. The Morgan fingerprint density at radius 2 is 1.84 bits per heavy atom. The molecule has 0 aliphatic carbocycles. The third-order valence-corrected chi connectivity index (χ3v) is 2.64. The standard InChI is InChI=1S/C14H20N2O3/c1-2-3-8-13(18)15-9-10-16-14(19)11-6-4-5-7-12(11)17/h4-7,17H,2-3,8-10H2,1H3,(H,15,18)(H,16,19). The summed E-state index contributed by atoms with van der Waals surface area (Å²) in [5, 5.41) is 14.9. The van der Waals surface area contributed by atoms with Crippen LogP contribution in [-0.2, 0) is 4.79 Å². The largest absolute Gasteiger partial charge is 0.507 e. The summed E-state index contributed by atoms with van der Waals surface area (Å²) in [6.07, 6.45) is 2.37. The molecule has 5 heteroatoms. The molecule has 0 unspecified atom stereocenters. The van der Waals surface area contributed by atoms with Crippen LogP contribution < -0.4 is 10.6 Å². The van der Waals surface area contributed by atoms with Crippen LogP contribution in [0.3, 0.4) is 0 Å². The summed E-state index contributed by atoms with van der Waals surface area (Å²) in [5.74, 6) is -0.397. The van der Waals surface area contributed by atoms with E-state index in [1.807, 2.05) is 6.92 Å². The summed E-state index contributed by atoms with van der Waals surface area (Å²) in [6.45, 7) is 2.76. The van der Waals surface area contributed by atoms with E-state index in [0.29, 0.717) is 19.5 Å². The predicted octanol–water partition coefficient (Wildman–Crippen LogP) is 1.43.